The summed E-state index contributed by atoms with van der Waals surface area (Å²) in [7, 11) is 9.98. The molecular formula is C27H38N2O6. The minimum Gasteiger partial charge on any atom is -0.493 e. The summed E-state index contributed by atoms with van der Waals surface area (Å²) in [5.74, 6) is 3.45. The van der Waals surface area contributed by atoms with Crippen LogP contribution in [0.4, 0.5) is 0 Å². The van der Waals surface area contributed by atoms with Gasteiger partial charge in [0, 0.05) is 26.7 Å². The van der Waals surface area contributed by atoms with Crippen molar-refractivity contribution in [3.63, 3.8) is 0 Å². The fraction of sp³-hybridized carbons (Fsp3) is 0.519. The second-order valence-electron chi connectivity index (χ2n) is 8.81. The Morgan fingerprint density at radius 1 is 0.886 bits per heavy atom. The first-order chi connectivity index (χ1) is 16.9. The first kappa shape index (κ1) is 26.5. The van der Waals surface area contributed by atoms with Gasteiger partial charge < -0.3 is 28.6 Å². The van der Waals surface area contributed by atoms with E-state index < -0.39 is 0 Å². The number of methoxy groups -OCH3 is 5. The minimum atomic E-state index is -0.0128. The maximum atomic E-state index is 13.2. The van der Waals surface area contributed by atoms with Gasteiger partial charge >= 0.3 is 0 Å². The summed E-state index contributed by atoms with van der Waals surface area (Å²) in [6.07, 6.45) is 2.65. The van der Waals surface area contributed by atoms with Crippen molar-refractivity contribution in [2.24, 2.45) is 5.92 Å². The van der Waals surface area contributed by atoms with Gasteiger partial charge in [0.1, 0.15) is 0 Å². The van der Waals surface area contributed by atoms with Crippen molar-refractivity contribution in [2.75, 3.05) is 62.2 Å². The molecule has 1 heterocycles. The van der Waals surface area contributed by atoms with Crippen LogP contribution in [0.2, 0.25) is 0 Å². The normalized spacial score (nSPS) is 15.9. The molecule has 0 spiro atoms. The molecule has 1 saturated heterocycles. The van der Waals surface area contributed by atoms with E-state index in [0.29, 0.717) is 35.3 Å². The third-order valence-corrected chi connectivity index (χ3v) is 6.55. The predicted octanol–water partition coefficient (Wildman–Crippen LogP) is 3.64. The van der Waals surface area contributed by atoms with E-state index in [2.05, 4.69) is 4.90 Å². The highest BCUT2D eigenvalue weighted by Crippen LogP contribution is 2.38. The van der Waals surface area contributed by atoms with Crippen LogP contribution in [0.3, 0.4) is 0 Å². The summed E-state index contributed by atoms with van der Waals surface area (Å²) < 4.78 is 27.1. The van der Waals surface area contributed by atoms with Crippen molar-refractivity contribution in [1.82, 2.24) is 9.80 Å². The van der Waals surface area contributed by atoms with Crippen LogP contribution in [0.25, 0.3) is 0 Å². The van der Waals surface area contributed by atoms with E-state index in [0.717, 1.165) is 50.0 Å². The molecule has 1 atom stereocenters. The summed E-state index contributed by atoms with van der Waals surface area (Å²) in [6.45, 7) is 3.06. The second kappa shape index (κ2) is 12.5. The fourth-order valence-corrected chi connectivity index (χ4v) is 4.64. The number of ether oxygens (including phenoxy) is 5. The fourth-order valence-electron chi connectivity index (χ4n) is 4.64. The zero-order chi connectivity index (χ0) is 25.4. The average molecular weight is 487 g/mol. The van der Waals surface area contributed by atoms with E-state index in [-0.39, 0.29) is 11.8 Å². The predicted molar refractivity (Wildman–Crippen MR) is 135 cm³/mol. The molecule has 0 aromatic heterocycles. The highest BCUT2D eigenvalue weighted by molar-refractivity contribution is 5.79. The molecule has 1 fully saturated rings. The molecule has 0 N–H and O–H groups in total. The van der Waals surface area contributed by atoms with Gasteiger partial charge in [-0.15, -0.1) is 0 Å². The number of likely N-dealkylation sites (tertiary alicyclic amines) is 1. The largest absolute Gasteiger partial charge is 0.493 e. The van der Waals surface area contributed by atoms with Crippen molar-refractivity contribution in [2.45, 2.75) is 25.8 Å². The van der Waals surface area contributed by atoms with Gasteiger partial charge in [-0.25, -0.2) is 0 Å². The zero-order valence-electron chi connectivity index (χ0n) is 21.8. The molecule has 0 radical (unpaired) electrons. The first-order valence-electron chi connectivity index (χ1n) is 11.9. The van der Waals surface area contributed by atoms with Crippen molar-refractivity contribution in [3.05, 3.63) is 41.5 Å². The van der Waals surface area contributed by atoms with E-state index in [9.17, 15) is 4.79 Å². The zero-order valence-corrected chi connectivity index (χ0v) is 21.8. The Morgan fingerprint density at radius 3 is 2.11 bits per heavy atom. The van der Waals surface area contributed by atoms with Crippen LogP contribution in [0.15, 0.2) is 30.3 Å². The van der Waals surface area contributed by atoms with Gasteiger partial charge in [-0.2, -0.15) is 0 Å². The summed E-state index contributed by atoms with van der Waals surface area (Å²) in [5.41, 5.74) is 2.17. The van der Waals surface area contributed by atoms with Gasteiger partial charge in [0.15, 0.2) is 23.0 Å². The number of hydrogen-bond acceptors (Lipinski definition) is 7. The lowest BCUT2D eigenvalue weighted by atomic mass is 9.96. The SMILES string of the molecule is COc1ccc(CCN(C)C(=O)C2CCCN(Cc3cc(OC)c(OC)c(OC)c3)C2)cc1OC. The topological polar surface area (TPSA) is 69.7 Å². The molecule has 0 bridgehead atoms. The Labute approximate surface area is 208 Å². The number of likely N-dealkylation sites (N-methyl/N-ethyl adjacent to an activating group) is 1. The van der Waals surface area contributed by atoms with Crippen LogP contribution in [0.5, 0.6) is 28.7 Å². The number of amides is 1. The van der Waals surface area contributed by atoms with E-state index in [4.69, 9.17) is 23.7 Å². The summed E-state index contributed by atoms with van der Waals surface area (Å²) in [6, 6.07) is 9.83. The van der Waals surface area contributed by atoms with Gasteiger partial charge in [-0.1, -0.05) is 6.07 Å². The quantitative estimate of drug-likeness (QED) is 0.480. The average Bonchev–Trinajstić information content (AvgIpc) is 2.90. The van der Waals surface area contributed by atoms with Gasteiger partial charge in [-0.3, -0.25) is 9.69 Å². The molecule has 0 saturated carbocycles. The van der Waals surface area contributed by atoms with Gasteiger partial charge in [0.2, 0.25) is 11.7 Å². The Bertz CT molecular complexity index is 971. The molecule has 3 rings (SSSR count). The molecule has 0 aliphatic carbocycles. The van der Waals surface area contributed by atoms with Crippen molar-refractivity contribution in [1.29, 1.82) is 0 Å². The molecule has 1 aliphatic heterocycles. The molecule has 1 aliphatic rings. The first-order valence-corrected chi connectivity index (χ1v) is 11.9. The Morgan fingerprint density at radius 2 is 1.51 bits per heavy atom. The highest BCUT2D eigenvalue weighted by atomic mass is 16.5. The molecule has 2 aromatic carbocycles. The molecular weight excluding hydrogens is 448 g/mol. The smallest absolute Gasteiger partial charge is 0.226 e. The monoisotopic (exact) mass is 486 g/mol. The number of carbonyl (C=O) groups excluding carboxylic acids is 1. The molecule has 192 valence electrons. The molecule has 35 heavy (non-hydrogen) atoms. The van der Waals surface area contributed by atoms with Gasteiger partial charge in [-0.05, 0) is 61.2 Å². The number of piperidine rings is 1. The summed E-state index contributed by atoms with van der Waals surface area (Å²) >= 11 is 0. The number of hydrogen-bond donors (Lipinski definition) is 0. The van der Waals surface area contributed by atoms with Crippen LogP contribution in [0.1, 0.15) is 24.0 Å². The summed E-state index contributed by atoms with van der Waals surface area (Å²) in [5, 5.41) is 0. The van der Waals surface area contributed by atoms with Crippen LogP contribution in [0, 0.1) is 5.92 Å². The lowest BCUT2D eigenvalue weighted by Gasteiger charge is -2.34. The standard InChI is InChI=1S/C27H38N2O6/c1-28(13-11-19-9-10-22(31-2)23(14-19)32-3)27(30)21-8-7-12-29(18-21)17-20-15-24(33-4)26(35-6)25(16-20)34-5/h9-10,14-16,21H,7-8,11-13,17-18H2,1-6H3. The number of benzene rings is 2. The highest BCUT2D eigenvalue weighted by Gasteiger charge is 2.28. The van der Waals surface area contributed by atoms with E-state index in [1.165, 1.54) is 0 Å². The Balaban J connectivity index is 1.60. The Hall–Kier alpha value is -3.13. The van der Waals surface area contributed by atoms with E-state index in [1.54, 1.807) is 35.5 Å². The van der Waals surface area contributed by atoms with Gasteiger partial charge in [0.05, 0.1) is 41.5 Å². The third kappa shape index (κ3) is 6.51. The van der Waals surface area contributed by atoms with Crippen molar-refractivity contribution < 1.29 is 28.5 Å². The minimum absolute atomic E-state index is 0.0128. The van der Waals surface area contributed by atoms with Crippen LogP contribution in [-0.2, 0) is 17.8 Å². The third-order valence-electron chi connectivity index (χ3n) is 6.55. The van der Waals surface area contributed by atoms with Crippen LogP contribution >= 0.6 is 0 Å². The lowest BCUT2D eigenvalue weighted by Crippen LogP contribution is -2.43. The van der Waals surface area contributed by atoms with Crippen LogP contribution in [-0.4, -0.2) is 77.9 Å². The van der Waals surface area contributed by atoms with E-state index in [1.807, 2.05) is 42.3 Å². The van der Waals surface area contributed by atoms with Crippen molar-refractivity contribution >= 4 is 5.91 Å². The molecule has 8 heteroatoms. The molecule has 8 nitrogen and oxygen atoms in total. The number of rotatable bonds is 11. The van der Waals surface area contributed by atoms with Crippen molar-refractivity contribution in [3.8, 4) is 28.7 Å². The maximum absolute atomic E-state index is 13.2. The molecule has 1 unspecified atom stereocenters. The van der Waals surface area contributed by atoms with Gasteiger partial charge in [0.25, 0.3) is 0 Å². The van der Waals surface area contributed by atoms with E-state index >= 15 is 0 Å². The second-order valence-corrected chi connectivity index (χ2v) is 8.81. The number of nitrogens with zero attached hydrogens (tertiary/aromatic N) is 2. The Kier molecular flexibility index (Phi) is 9.48. The lowest BCUT2D eigenvalue weighted by molar-refractivity contribution is -0.136. The molecule has 1 amide bonds. The maximum Gasteiger partial charge on any atom is 0.226 e. The molecule has 2 aromatic rings. The van der Waals surface area contributed by atoms with Crippen LogP contribution < -0.4 is 23.7 Å². The summed E-state index contributed by atoms with van der Waals surface area (Å²) in [4.78, 5) is 17.4. The number of carbonyl (C=O) groups is 1.